The quantitative estimate of drug-likeness (QED) is 0.371. The van der Waals surface area contributed by atoms with Crippen LogP contribution >= 0.6 is 0 Å². The number of non-ortho nitro benzene ring substituents is 1. The summed E-state index contributed by atoms with van der Waals surface area (Å²) in [6.07, 6.45) is 1.51. The minimum atomic E-state index is -0.487. The highest BCUT2D eigenvalue weighted by atomic mass is 16.6. The number of hydrogen-bond donors (Lipinski definition) is 2. The second kappa shape index (κ2) is 8.58. The van der Waals surface area contributed by atoms with E-state index in [4.69, 9.17) is 4.74 Å². The van der Waals surface area contributed by atoms with Gasteiger partial charge in [-0.2, -0.15) is 10.2 Å². The minimum Gasteiger partial charge on any atom is -0.494 e. The molecule has 0 spiro atoms. The zero-order valence-corrected chi connectivity index (χ0v) is 15.0. The molecule has 0 aliphatic rings. The maximum atomic E-state index is 12.2. The Balaban J connectivity index is 1.64. The summed E-state index contributed by atoms with van der Waals surface area (Å²) in [5.41, 5.74) is 4.28. The van der Waals surface area contributed by atoms with Gasteiger partial charge >= 0.3 is 0 Å². The second-order valence-electron chi connectivity index (χ2n) is 5.68. The predicted molar refractivity (Wildman–Crippen MR) is 103 cm³/mol. The summed E-state index contributed by atoms with van der Waals surface area (Å²) in [6, 6.07) is 14.8. The zero-order valence-electron chi connectivity index (χ0n) is 15.0. The van der Waals surface area contributed by atoms with Crippen LogP contribution in [0, 0.1) is 10.1 Å². The monoisotopic (exact) mass is 379 g/mol. The number of nitrogens with zero attached hydrogens (tertiary/aromatic N) is 3. The fraction of sp³-hybridized carbons (Fsp3) is 0.105. The molecule has 1 amide bonds. The van der Waals surface area contributed by atoms with E-state index >= 15 is 0 Å². The molecule has 0 saturated carbocycles. The number of aromatic nitrogens is 2. The van der Waals surface area contributed by atoms with Crippen molar-refractivity contribution >= 4 is 17.8 Å². The van der Waals surface area contributed by atoms with Crippen LogP contribution in [-0.4, -0.2) is 33.8 Å². The molecule has 0 unspecified atom stereocenters. The summed E-state index contributed by atoms with van der Waals surface area (Å²) in [6.45, 7) is 2.50. The number of benzene rings is 2. The molecule has 0 atom stereocenters. The van der Waals surface area contributed by atoms with Crippen LogP contribution < -0.4 is 10.2 Å². The predicted octanol–water partition coefficient (Wildman–Crippen LogP) is 3.15. The maximum absolute atomic E-state index is 12.2. The van der Waals surface area contributed by atoms with E-state index in [1.54, 1.807) is 12.1 Å². The maximum Gasteiger partial charge on any atom is 0.289 e. The van der Waals surface area contributed by atoms with Gasteiger partial charge in [0, 0.05) is 17.7 Å². The molecule has 0 fully saturated rings. The number of nitro groups is 1. The molecular formula is C19H17N5O4. The molecule has 0 aliphatic carbocycles. The Morgan fingerprint density at radius 3 is 2.79 bits per heavy atom. The Labute approximate surface area is 160 Å². The Hall–Kier alpha value is -4.01. The van der Waals surface area contributed by atoms with E-state index in [2.05, 4.69) is 20.7 Å². The first-order chi connectivity index (χ1) is 13.6. The number of H-pyrrole nitrogens is 1. The van der Waals surface area contributed by atoms with E-state index in [1.807, 2.05) is 31.2 Å². The van der Waals surface area contributed by atoms with Crippen LogP contribution in [-0.2, 0) is 0 Å². The number of carbonyl (C=O) groups excluding carboxylic acids is 1. The fourth-order valence-corrected chi connectivity index (χ4v) is 2.41. The van der Waals surface area contributed by atoms with Gasteiger partial charge in [-0.25, -0.2) is 5.43 Å². The molecule has 3 aromatic rings. The topological polar surface area (TPSA) is 123 Å². The normalized spacial score (nSPS) is 10.8. The van der Waals surface area contributed by atoms with Crippen molar-refractivity contribution in [2.24, 2.45) is 5.10 Å². The third kappa shape index (κ3) is 4.58. The summed E-state index contributed by atoms with van der Waals surface area (Å²) < 4.78 is 5.36. The van der Waals surface area contributed by atoms with Gasteiger partial charge in [0.1, 0.15) is 11.4 Å². The molecule has 0 radical (unpaired) electrons. The van der Waals surface area contributed by atoms with Crippen molar-refractivity contribution in [1.82, 2.24) is 15.6 Å². The van der Waals surface area contributed by atoms with Crippen molar-refractivity contribution in [2.75, 3.05) is 6.61 Å². The Kier molecular flexibility index (Phi) is 5.75. The lowest BCUT2D eigenvalue weighted by molar-refractivity contribution is -0.384. The molecule has 9 heteroatoms. The lowest BCUT2D eigenvalue weighted by Gasteiger charge is -2.02. The van der Waals surface area contributed by atoms with Gasteiger partial charge in [-0.15, -0.1) is 0 Å². The lowest BCUT2D eigenvalue weighted by Crippen LogP contribution is -2.17. The highest BCUT2D eigenvalue weighted by Crippen LogP contribution is 2.22. The third-order valence-electron chi connectivity index (χ3n) is 3.75. The number of aromatic amines is 1. The third-order valence-corrected chi connectivity index (χ3v) is 3.75. The highest BCUT2D eigenvalue weighted by Gasteiger charge is 2.13. The minimum absolute atomic E-state index is 0.0496. The van der Waals surface area contributed by atoms with Gasteiger partial charge in [0.05, 0.1) is 23.4 Å². The second-order valence-corrected chi connectivity index (χ2v) is 5.68. The van der Waals surface area contributed by atoms with Crippen LogP contribution in [0.5, 0.6) is 5.75 Å². The number of hydrogen-bond acceptors (Lipinski definition) is 6. The first-order valence-electron chi connectivity index (χ1n) is 8.43. The van der Waals surface area contributed by atoms with Gasteiger partial charge < -0.3 is 4.74 Å². The standard InChI is InChI=1S/C19H17N5O4/c1-2-28-16-8-6-13(7-9-16)12-20-23-19(25)18-11-17(21-22-18)14-4-3-5-15(10-14)24(26)27/h3-12H,2H2,1H3,(H,21,22)(H,23,25). The van der Waals surface area contributed by atoms with Gasteiger partial charge in [0.15, 0.2) is 0 Å². The van der Waals surface area contributed by atoms with Crippen LogP contribution in [0.15, 0.2) is 59.7 Å². The molecule has 1 heterocycles. The van der Waals surface area contributed by atoms with E-state index < -0.39 is 10.8 Å². The van der Waals surface area contributed by atoms with E-state index in [0.29, 0.717) is 17.9 Å². The van der Waals surface area contributed by atoms with E-state index in [-0.39, 0.29) is 11.4 Å². The van der Waals surface area contributed by atoms with Crippen molar-refractivity contribution < 1.29 is 14.5 Å². The van der Waals surface area contributed by atoms with Gasteiger partial charge in [-0.05, 0) is 42.8 Å². The number of rotatable bonds is 7. The van der Waals surface area contributed by atoms with E-state index in [9.17, 15) is 14.9 Å². The highest BCUT2D eigenvalue weighted by molar-refractivity contribution is 5.94. The Morgan fingerprint density at radius 2 is 2.07 bits per heavy atom. The number of carbonyl (C=O) groups is 1. The molecule has 142 valence electrons. The summed E-state index contributed by atoms with van der Waals surface area (Å²) in [5, 5.41) is 21.4. The van der Waals surface area contributed by atoms with E-state index in [0.717, 1.165) is 11.3 Å². The molecule has 0 saturated heterocycles. The summed E-state index contributed by atoms with van der Waals surface area (Å²) in [4.78, 5) is 22.6. The van der Waals surface area contributed by atoms with Crippen LogP contribution in [0.25, 0.3) is 11.3 Å². The van der Waals surface area contributed by atoms with Crippen molar-refractivity contribution in [3.8, 4) is 17.0 Å². The lowest BCUT2D eigenvalue weighted by atomic mass is 10.1. The molecule has 9 nitrogen and oxygen atoms in total. The first-order valence-corrected chi connectivity index (χ1v) is 8.43. The number of nitrogens with one attached hydrogen (secondary N) is 2. The van der Waals surface area contributed by atoms with Crippen LogP contribution in [0.2, 0.25) is 0 Å². The molecule has 1 aromatic heterocycles. The summed E-state index contributed by atoms with van der Waals surface area (Å²) >= 11 is 0. The zero-order chi connectivity index (χ0) is 19.9. The van der Waals surface area contributed by atoms with E-state index in [1.165, 1.54) is 24.4 Å². The molecule has 3 rings (SSSR count). The van der Waals surface area contributed by atoms with Gasteiger partial charge in [-0.3, -0.25) is 20.0 Å². The average Bonchev–Trinajstić information content (AvgIpc) is 3.20. The van der Waals surface area contributed by atoms with Gasteiger partial charge in [0.2, 0.25) is 0 Å². The van der Waals surface area contributed by atoms with Crippen LogP contribution in [0.3, 0.4) is 0 Å². The largest absolute Gasteiger partial charge is 0.494 e. The summed E-state index contributed by atoms with van der Waals surface area (Å²) in [7, 11) is 0. The van der Waals surface area contributed by atoms with Crippen molar-refractivity contribution in [1.29, 1.82) is 0 Å². The van der Waals surface area contributed by atoms with Crippen LogP contribution in [0.1, 0.15) is 23.0 Å². The number of hydrazone groups is 1. The van der Waals surface area contributed by atoms with Crippen molar-refractivity contribution in [3.05, 3.63) is 76.0 Å². The van der Waals surface area contributed by atoms with Crippen molar-refractivity contribution in [3.63, 3.8) is 0 Å². The van der Waals surface area contributed by atoms with Crippen molar-refractivity contribution in [2.45, 2.75) is 6.92 Å². The molecular weight excluding hydrogens is 362 g/mol. The SMILES string of the molecule is CCOc1ccc(C=NNC(=O)c2cc(-c3cccc([N+](=O)[O-])c3)n[nH]2)cc1. The summed E-state index contributed by atoms with van der Waals surface area (Å²) in [5.74, 6) is 0.279. The Bertz CT molecular complexity index is 1010. The Morgan fingerprint density at radius 1 is 1.29 bits per heavy atom. The molecule has 28 heavy (non-hydrogen) atoms. The number of ether oxygens (including phenoxy) is 1. The van der Waals surface area contributed by atoms with Crippen LogP contribution in [0.4, 0.5) is 5.69 Å². The average molecular weight is 379 g/mol. The fourth-order valence-electron chi connectivity index (χ4n) is 2.41. The smallest absolute Gasteiger partial charge is 0.289 e. The molecule has 2 N–H and O–H groups in total. The number of amides is 1. The molecule has 0 aliphatic heterocycles. The number of nitro benzene ring substituents is 1. The molecule has 2 aromatic carbocycles. The molecule has 0 bridgehead atoms. The first kappa shape index (κ1) is 18.8. The van der Waals surface area contributed by atoms with Gasteiger partial charge in [-0.1, -0.05) is 12.1 Å². The van der Waals surface area contributed by atoms with Gasteiger partial charge in [0.25, 0.3) is 11.6 Å².